The van der Waals surface area contributed by atoms with E-state index >= 15 is 0 Å². The summed E-state index contributed by atoms with van der Waals surface area (Å²) >= 11 is 2.89. The number of ketones is 2. The van der Waals surface area contributed by atoms with E-state index in [0.29, 0.717) is 53.5 Å². The second kappa shape index (κ2) is 58.4. The summed E-state index contributed by atoms with van der Waals surface area (Å²) < 4.78 is 85.8. The summed E-state index contributed by atoms with van der Waals surface area (Å²) in [5, 5.41) is 83.8. The molecule has 127 heavy (non-hydrogen) atoms. The van der Waals surface area contributed by atoms with Gasteiger partial charge in [0, 0.05) is 106 Å². The number of halogens is 2. The van der Waals surface area contributed by atoms with Gasteiger partial charge in [-0.1, -0.05) is 114 Å². The normalized spacial score (nSPS) is 29.6. The number of ether oxygens (including phenoxy) is 9. The summed E-state index contributed by atoms with van der Waals surface area (Å²) in [4.78, 5) is 99.2. The van der Waals surface area contributed by atoms with Crippen LogP contribution in [-0.4, -0.2) is 260 Å². The number of carbonyl (C=O) groups is 8. The van der Waals surface area contributed by atoms with Crippen molar-refractivity contribution in [3.8, 4) is 23.0 Å². The fourth-order valence-corrected chi connectivity index (χ4v) is 13.9. The van der Waals surface area contributed by atoms with Gasteiger partial charge >= 0.3 is 80.4 Å². The Morgan fingerprint density at radius 1 is 0.480 bits per heavy atom. The Bertz CT molecular complexity index is 4570. The van der Waals surface area contributed by atoms with Gasteiger partial charge in [-0.2, -0.15) is 16.8 Å². The molecule has 23 N–H and O–H groups in total. The van der Waals surface area contributed by atoms with Gasteiger partial charge in [0.25, 0.3) is 17.7 Å². The fourth-order valence-electron chi connectivity index (χ4n) is 13.9. The maximum absolute atomic E-state index is 13.2. The molecule has 0 saturated heterocycles. The zero-order valence-corrected chi connectivity index (χ0v) is 82.4. The average Bonchev–Trinajstić information content (AvgIpc) is 1.50. The molecule has 0 unspecified atom stereocenters. The molecule has 0 saturated carbocycles. The van der Waals surface area contributed by atoms with Crippen LogP contribution in [-0.2, 0) is 98.0 Å². The van der Waals surface area contributed by atoms with Crippen LogP contribution in [0.3, 0.4) is 0 Å². The van der Waals surface area contributed by atoms with Crippen LogP contribution in [0.2, 0.25) is 0 Å². The van der Waals surface area contributed by atoms with E-state index in [-0.39, 0.29) is 135 Å². The van der Waals surface area contributed by atoms with Crippen LogP contribution in [0.15, 0.2) is 142 Å². The summed E-state index contributed by atoms with van der Waals surface area (Å²) in [6.45, 7) is 21.0. The molecule has 6 rings (SSSR count). The van der Waals surface area contributed by atoms with Crippen LogP contribution in [0, 0.1) is 35.5 Å². The van der Waals surface area contributed by atoms with Crippen molar-refractivity contribution in [1.82, 2.24) is 5.32 Å². The fraction of sp³-hybridized carbons (Fsp3) is 0.500. The van der Waals surface area contributed by atoms with E-state index in [2.05, 4.69) is 21.7 Å². The summed E-state index contributed by atoms with van der Waals surface area (Å²) in [6, 6.07) is 2.44. The van der Waals surface area contributed by atoms with E-state index in [1.165, 1.54) is 130 Å². The van der Waals surface area contributed by atoms with Gasteiger partial charge in [0.1, 0.15) is 35.6 Å². The molecule has 37 nitrogen and oxygen atoms in total. The molecule has 2 aromatic rings. The van der Waals surface area contributed by atoms with Crippen molar-refractivity contribution in [3.05, 3.63) is 153 Å². The van der Waals surface area contributed by atoms with Crippen LogP contribution >= 0.6 is 12.4 Å². The van der Waals surface area contributed by atoms with Crippen molar-refractivity contribution in [1.29, 1.82) is 0 Å². The first-order valence-electron chi connectivity index (χ1n) is 39.9. The monoisotopic (exact) mass is 1890 g/mol. The minimum absolute atomic E-state index is 0. The number of phenolic OH excluding ortho intramolecular Hbond substituents is 4. The number of rotatable bonds is 9. The van der Waals surface area contributed by atoms with Crippen molar-refractivity contribution in [3.63, 3.8) is 0 Å². The van der Waals surface area contributed by atoms with E-state index < -0.39 is 157 Å². The van der Waals surface area contributed by atoms with Crippen LogP contribution in [0.4, 0.5) is 37.1 Å². The molecule has 3 heterocycles. The molecule has 4 aliphatic rings. The third-order valence-electron chi connectivity index (χ3n) is 20.8. The Kier molecular flexibility index (Phi) is 54.6. The number of quaternary nitrogens is 1. The Labute approximate surface area is 783 Å². The second-order valence-electron chi connectivity index (χ2n) is 30.5. The number of amides is 6. The number of fused-ring (bicyclic) bond motifs is 6. The molecule has 1 aliphatic carbocycles. The Balaban J connectivity index is 0.00000178. The number of Topliss-reactive ketones (excluding diaryl/α,β-unsaturated/α-hetero) is 1. The molecule has 700 valence electrons. The number of anilines is 3. The maximum atomic E-state index is 13.2. The number of methoxy groups -OCH3 is 6. The summed E-state index contributed by atoms with van der Waals surface area (Å²) in [5.41, 5.74) is 35.2. The molecule has 0 aromatic heterocycles. The van der Waals surface area contributed by atoms with Crippen LogP contribution < -0.4 is 62.8 Å². The van der Waals surface area contributed by atoms with Crippen molar-refractivity contribution in [2.45, 2.75) is 195 Å². The van der Waals surface area contributed by atoms with Crippen LogP contribution in [0.5, 0.6) is 23.0 Å². The number of carbonyl (C=O) groups excluding carboxylic acids is 8. The molecule has 0 fully saturated rings. The molecule has 6 amide bonds. The predicted molar refractivity (Wildman–Crippen MR) is 475 cm³/mol. The summed E-state index contributed by atoms with van der Waals surface area (Å²) in [6.07, 6.45) is 9.53. The van der Waals surface area contributed by atoms with Gasteiger partial charge in [0.15, 0.2) is 29.7 Å². The van der Waals surface area contributed by atoms with Crippen LogP contribution in [0.25, 0.3) is 0 Å². The molecular formula is C84H123Cl2N9Na2O28S2. The molecule has 6 bridgehead atoms. The van der Waals surface area contributed by atoms with Gasteiger partial charge in [-0.3, -0.25) is 24.0 Å². The van der Waals surface area contributed by atoms with Crippen molar-refractivity contribution >= 4 is 145 Å². The topological polar surface area (TPSA) is 623 Å². The van der Waals surface area contributed by atoms with E-state index in [1.807, 2.05) is 27.7 Å². The third-order valence-corrected chi connectivity index (χ3v) is 21.7. The Hall–Kier alpha value is -8.24. The number of phenols is 4. The molecule has 2 aromatic carbocycles. The van der Waals surface area contributed by atoms with Crippen molar-refractivity contribution in [2.75, 3.05) is 59.0 Å². The third kappa shape index (κ3) is 37.3. The number of nitrogens with one attached hydrogen (secondary N) is 3. The van der Waals surface area contributed by atoms with Gasteiger partial charge in [0.2, 0.25) is 11.6 Å². The van der Waals surface area contributed by atoms with Gasteiger partial charge < -0.3 is 141 Å². The van der Waals surface area contributed by atoms with E-state index in [1.54, 1.807) is 97.1 Å². The second-order valence-corrected chi connectivity index (χ2v) is 32.9. The van der Waals surface area contributed by atoms with E-state index in [4.69, 9.17) is 88.1 Å². The standard InChI is InChI=1S/2C28H41N3O8.C28H39N3O8.2ClH.2Na.O4S2/c3*1-14-10-18-23(29)20(32)13-19(25(18)34)31-27(35)15(2)8-7-9-21(37-5)26(39-28(30)36)17(4)12-16(3)24(33)22(11-14)38-6;;;;;1-5(2)6(3)4/h2*7-9,12-14,16,21-22,24,26,32-34H,10-11,29H2,1-6H3,(H2,30,36)(H,31,35);7-9,12-14,16,21-22,24,26,33H,10-11,29H2,1-6H3,(H2,30,36)(H,31,35);2*1H;;;/b3*9-7-,15-8+,17-12+;;;;;/t3*14-,16+,21+,22+,24-,26+;;;;;/m111...../s1. The van der Waals surface area contributed by atoms with Crippen molar-refractivity contribution < 1.29 is 152 Å². The number of nitrogens with two attached hydrogens (primary N) is 5. The molecular weight excluding hydrogens is 1760 g/mol. The number of allylic oxidation sites excluding steroid dienone is 8. The zero-order chi connectivity index (χ0) is 95.5. The number of aliphatic hydroxyl groups is 3. The summed E-state index contributed by atoms with van der Waals surface area (Å²) in [7, 11) is 2.87. The first kappa shape index (κ1) is 119. The number of nitrogen functional groups attached to an aromatic ring is 1. The number of aromatic hydroxyl groups is 4. The SMILES string of the molecule is CO[C@H]1/C=C\C=C(/C)C(=O)NC2=CC(=O)C(N)=C(C[C@@H](C)C[C@H](OC)[C@H](O)[C@@H](C)/C=C(\C)[C@@H]1OC(N)=O)C2=O.CO[C@H]1/C=C\C=C(/C)C(=O)Nc2cc(O)c(N)c(c2O)C[C@@H](C)C[C@H](OC)[C@H](O)[C@@H](C)/C=C(\C)[C@@H]1OC(N)=O.CO[C@H]1/C=C\C=C(/C)C(=O)Nc2cc(O)c([NH3+])c(c2O)C[C@@H](C)C[C@H](OC)[C@H](O)[C@@H](C)/C=C(\C)[C@@H]1OC(N)=O.Cl.O=S(=O)=S(=O)=O.[Cl-].[Na][Na]. The summed E-state index contributed by atoms with van der Waals surface area (Å²) in [5.74, 6) is -5.38. The number of hydrogen-bond acceptors (Lipinski definition) is 30. The molecule has 18 atom stereocenters. The zero-order valence-electron chi connectivity index (χ0n) is 75.2. The Morgan fingerprint density at radius 2 is 0.780 bits per heavy atom. The number of aliphatic hydroxyl groups excluding tert-OH is 3. The number of benzene rings is 2. The molecule has 0 spiro atoms. The van der Waals surface area contributed by atoms with Gasteiger partial charge in [0.05, 0.1) is 70.6 Å². The van der Waals surface area contributed by atoms with Gasteiger partial charge in [-0.15, -0.1) is 12.4 Å². The molecule has 3 aliphatic heterocycles. The molecule has 43 heteroatoms. The quantitative estimate of drug-likeness (QED) is 0.0326. The van der Waals surface area contributed by atoms with Crippen LogP contribution in [0.1, 0.15) is 120 Å². The number of primary amides is 3. The molecule has 0 radical (unpaired) electrons. The van der Waals surface area contributed by atoms with Crippen molar-refractivity contribution in [2.24, 2.45) is 58.4 Å². The van der Waals surface area contributed by atoms with Gasteiger partial charge in [-0.05, 0) is 115 Å². The van der Waals surface area contributed by atoms with E-state index in [9.17, 15) is 74.1 Å². The van der Waals surface area contributed by atoms with E-state index in [0.717, 1.165) is 6.08 Å². The first-order valence-corrected chi connectivity index (χ1v) is 50.6. The Morgan fingerprint density at radius 3 is 1.09 bits per heavy atom. The van der Waals surface area contributed by atoms with Gasteiger partial charge in [-0.25, -0.2) is 14.4 Å². The average molecular weight is 1890 g/mol. The minimum atomic E-state index is -2.95. The number of hydrogen-bond donors (Lipinski definition) is 16. The first-order chi connectivity index (χ1) is 58.5. The predicted octanol–water partition coefficient (Wildman–Crippen LogP) is 2.62.